The van der Waals surface area contributed by atoms with Crippen LogP contribution in [0.25, 0.3) is 0 Å². The molecular formula is C18H22F3NO2. The highest BCUT2D eigenvalue weighted by atomic mass is 19.4. The predicted molar refractivity (Wildman–Crippen MR) is 83.7 cm³/mol. The summed E-state index contributed by atoms with van der Waals surface area (Å²) in [6.07, 6.45) is 0.449. The summed E-state index contributed by atoms with van der Waals surface area (Å²) in [5, 5.41) is 12.5. The normalized spacial score (nSPS) is 26.1. The summed E-state index contributed by atoms with van der Waals surface area (Å²) in [5.41, 5.74) is -0.0254. The summed E-state index contributed by atoms with van der Waals surface area (Å²) >= 11 is 0. The largest absolute Gasteiger partial charge is 0.481 e. The molecule has 1 aromatic carbocycles. The molecule has 2 fully saturated rings. The maximum atomic E-state index is 12.9. The molecule has 0 atom stereocenters. The third kappa shape index (κ3) is 3.74. The van der Waals surface area contributed by atoms with Gasteiger partial charge in [0.1, 0.15) is 0 Å². The van der Waals surface area contributed by atoms with E-state index < -0.39 is 17.7 Å². The van der Waals surface area contributed by atoms with Crippen LogP contribution in [0.4, 0.5) is 13.2 Å². The third-order valence-electron chi connectivity index (χ3n) is 5.46. The van der Waals surface area contributed by atoms with Gasteiger partial charge < -0.3 is 10.4 Å². The highest BCUT2D eigenvalue weighted by Gasteiger charge is 2.45. The van der Waals surface area contributed by atoms with Crippen LogP contribution in [0.3, 0.4) is 0 Å². The monoisotopic (exact) mass is 341 g/mol. The number of aliphatic carboxylic acids is 1. The number of alkyl halides is 3. The lowest BCUT2D eigenvalue weighted by atomic mass is 9.85. The van der Waals surface area contributed by atoms with Crippen molar-refractivity contribution in [1.82, 2.24) is 5.32 Å². The summed E-state index contributed by atoms with van der Waals surface area (Å²) in [4.78, 5) is 11.0. The lowest BCUT2D eigenvalue weighted by Crippen LogP contribution is -2.39. The molecule has 2 aliphatic rings. The van der Waals surface area contributed by atoms with Crippen molar-refractivity contribution >= 4 is 5.97 Å². The van der Waals surface area contributed by atoms with Crippen molar-refractivity contribution in [2.75, 3.05) is 6.54 Å². The molecule has 0 bridgehead atoms. The van der Waals surface area contributed by atoms with E-state index in [9.17, 15) is 18.0 Å². The van der Waals surface area contributed by atoms with Crippen LogP contribution in [-0.4, -0.2) is 23.7 Å². The second-order valence-corrected chi connectivity index (χ2v) is 7.13. The topological polar surface area (TPSA) is 49.3 Å². The van der Waals surface area contributed by atoms with E-state index in [0.717, 1.165) is 37.3 Å². The second kappa shape index (κ2) is 6.39. The van der Waals surface area contributed by atoms with Gasteiger partial charge in [-0.05, 0) is 50.2 Å². The van der Waals surface area contributed by atoms with Gasteiger partial charge in [-0.2, -0.15) is 13.2 Å². The molecule has 0 spiro atoms. The number of benzene rings is 1. The smallest absolute Gasteiger partial charge is 0.416 e. The molecule has 3 nitrogen and oxygen atoms in total. The minimum Gasteiger partial charge on any atom is -0.481 e. The van der Waals surface area contributed by atoms with Crippen LogP contribution in [0.2, 0.25) is 0 Å². The molecule has 0 amide bonds. The van der Waals surface area contributed by atoms with Gasteiger partial charge in [0, 0.05) is 18.0 Å². The molecule has 0 aromatic heterocycles. The zero-order chi connectivity index (χ0) is 17.4. The molecule has 0 saturated heterocycles. The van der Waals surface area contributed by atoms with E-state index >= 15 is 0 Å². The van der Waals surface area contributed by atoms with Crippen LogP contribution >= 0.6 is 0 Å². The number of carboxylic acid groups (broad SMARTS) is 1. The molecule has 0 unspecified atom stereocenters. The molecule has 2 aliphatic carbocycles. The quantitative estimate of drug-likeness (QED) is 0.852. The Kier molecular flexibility index (Phi) is 4.60. The van der Waals surface area contributed by atoms with Crippen molar-refractivity contribution in [3.63, 3.8) is 0 Å². The molecule has 2 N–H and O–H groups in total. The summed E-state index contributed by atoms with van der Waals surface area (Å²) in [5.74, 6) is -0.975. The first-order valence-corrected chi connectivity index (χ1v) is 8.44. The number of carbonyl (C=O) groups is 1. The Morgan fingerprint density at radius 1 is 1.21 bits per heavy atom. The Morgan fingerprint density at radius 3 is 2.42 bits per heavy atom. The Morgan fingerprint density at radius 2 is 1.88 bits per heavy atom. The second-order valence-electron chi connectivity index (χ2n) is 7.13. The number of nitrogens with one attached hydrogen (secondary N) is 1. The van der Waals surface area contributed by atoms with Gasteiger partial charge in [-0.15, -0.1) is 0 Å². The van der Waals surface area contributed by atoms with Gasteiger partial charge in [0.05, 0.1) is 11.5 Å². The molecule has 132 valence electrons. The standard InChI is InChI=1S/C18H22F3NO2/c19-18(20,21)14-3-1-2-13(10-14)17(8-9-17)11-22-15-6-4-12(5-7-15)16(23)24/h1-3,10,12,15,22H,4-9,11H2,(H,23,24). The summed E-state index contributed by atoms with van der Waals surface area (Å²) in [6, 6.07) is 5.92. The molecule has 0 radical (unpaired) electrons. The minimum absolute atomic E-state index is 0.190. The van der Waals surface area contributed by atoms with Gasteiger partial charge >= 0.3 is 12.1 Å². The maximum absolute atomic E-state index is 12.9. The number of hydrogen-bond acceptors (Lipinski definition) is 2. The van der Waals surface area contributed by atoms with E-state index in [-0.39, 0.29) is 17.4 Å². The lowest BCUT2D eigenvalue weighted by molar-refractivity contribution is -0.143. The minimum atomic E-state index is -4.31. The zero-order valence-electron chi connectivity index (χ0n) is 13.4. The van der Waals surface area contributed by atoms with Gasteiger partial charge in [0.15, 0.2) is 0 Å². The molecular weight excluding hydrogens is 319 g/mol. The number of hydrogen-bond donors (Lipinski definition) is 2. The molecule has 6 heteroatoms. The van der Waals surface area contributed by atoms with Gasteiger partial charge in [0.25, 0.3) is 0 Å². The number of carboxylic acids is 1. The van der Waals surface area contributed by atoms with Gasteiger partial charge in [-0.25, -0.2) is 0 Å². The van der Waals surface area contributed by atoms with E-state index in [1.807, 2.05) is 0 Å². The van der Waals surface area contributed by atoms with E-state index in [0.29, 0.717) is 19.4 Å². The molecule has 24 heavy (non-hydrogen) atoms. The van der Waals surface area contributed by atoms with Crippen molar-refractivity contribution in [1.29, 1.82) is 0 Å². The van der Waals surface area contributed by atoms with Crippen molar-refractivity contribution in [3.05, 3.63) is 35.4 Å². The molecule has 0 heterocycles. The SMILES string of the molecule is O=C(O)C1CCC(NCC2(c3cccc(C(F)(F)F)c3)CC2)CC1. The van der Waals surface area contributed by atoms with Crippen molar-refractivity contribution in [2.45, 2.75) is 56.2 Å². The van der Waals surface area contributed by atoms with E-state index in [4.69, 9.17) is 5.11 Å². The molecule has 2 saturated carbocycles. The van der Waals surface area contributed by atoms with Crippen LogP contribution in [0.15, 0.2) is 24.3 Å². The first-order chi connectivity index (χ1) is 11.3. The fourth-order valence-corrected chi connectivity index (χ4v) is 3.63. The fraction of sp³-hybridized carbons (Fsp3) is 0.611. The van der Waals surface area contributed by atoms with Crippen LogP contribution in [-0.2, 0) is 16.4 Å². The van der Waals surface area contributed by atoms with E-state index in [1.165, 1.54) is 12.1 Å². The highest BCUT2D eigenvalue weighted by Crippen LogP contribution is 2.48. The molecule has 3 rings (SSSR count). The van der Waals surface area contributed by atoms with Crippen LogP contribution in [0.5, 0.6) is 0 Å². The Hall–Kier alpha value is -1.56. The highest BCUT2D eigenvalue weighted by molar-refractivity contribution is 5.70. The van der Waals surface area contributed by atoms with Crippen LogP contribution < -0.4 is 5.32 Å². The summed E-state index contributed by atoms with van der Waals surface area (Å²) in [6.45, 7) is 0.663. The van der Waals surface area contributed by atoms with Gasteiger partial charge in [-0.3, -0.25) is 4.79 Å². The predicted octanol–water partition coefficient (Wildman–Crippen LogP) is 3.97. The first kappa shape index (κ1) is 17.3. The van der Waals surface area contributed by atoms with Gasteiger partial charge in [-0.1, -0.05) is 18.2 Å². The maximum Gasteiger partial charge on any atom is 0.416 e. The van der Waals surface area contributed by atoms with E-state index in [1.54, 1.807) is 6.07 Å². The summed E-state index contributed by atoms with van der Waals surface area (Å²) in [7, 11) is 0. The van der Waals surface area contributed by atoms with Crippen molar-refractivity contribution in [3.8, 4) is 0 Å². The van der Waals surface area contributed by atoms with Crippen LogP contribution in [0, 0.1) is 5.92 Å². The third-order valence-corrected chi connectivity index (χ3v) is 5.46. The zero-order valence-corrected chi connectivity index (χ0v) is 13.4. The Labute approximate surface area is 139 Å². The Bertz CT molecular complexity index is 603. The average molecular weight is 341 g/mol. The fourth-order valence-electron chi connectivity index (χ4n) is 3.63. The number of rotatable bonds is 5. The summed E-state index contributed by atoms with van der Waals surface area (Å²) < 4.78 is 38.7. The average Bonchev–Trinajstić information content (AvgIpc) is 3.34. The first-order valence-electron chi connectivity index (χ1n) is 8.44. The van der Waals surface area contributed by atoms with E-state index in [2.05, 4.69) is 5.32 Å². The van der Waals surface area contributed by atoms with Crippen molar-refractivity contribution in [2.24, 2.45) is 5.92 Å². The lowest BCUT2D eigenvalue weighted by Gasteiger charge is -2.29. The number of halogens is 3. The molecule has 0 aliphatic heterocycles. The van der Waals surface area contributed by atoms with Crippen molar-refractivity contribution < 1.29 is 23.1 Å². The van der Waals surface area contributed by atoms with Gasteiger partial charge in [0.2, 0.25) is 0 Å². The van der Waals surface area contributed by atoms with Crippen LogP contribution in [0.1, 0.15) is 49.7 Å². The molecule has 1 aromatic rings. The Balaban J connectivity index is 1.59.